The zero-order chi connectivity index (χ0) is 24.9. The maximum atomic E-state index is 15.3. The Labute approximate surface area is 209 Å². The van der Waals surface area contributed by atoms with Gasteiger partial charge >= 0.3 is 0 Å². The minimum atomic E-state index is -0.374. The van der Waals surface area contributed by atoms with E-state index < -0.39 is 0 Å². The molecular weight excluding hydrogens is 459 g/mol. The number of hydrogen-bond acceptors (Lipinski definition) is 8. The summed E-state index contributed by atoms with van der Waals surface area (Å²) < 4.78 is 27.2. The zero-order valence-electron chi connectivity index (χ0n) is 20.7. The van der Waals surface area contributed by atoms with E-state index in [1.807, 2.05) is 21.0 Å². The van der Waals surface area contributed by atoms with Gasteiger partial charge < -0.3 is 24.6 Å². The number of hydrogen-bond donors (Lipinski definition) is 1. The lowest BCUT2D eigenvalue weighted by molar-refractivity contribution is -0.127. The maximum absolute atomic E-state index is 15.3. The molecule has 9 heteroatoms. The molecule has 0 aliphatic carbocycles. The third-order valence-electron chi connectivity index (χ3n) is 6.84. The van der Waals surface area contributed by atoms with E-state index in [1.165, 1.54) is 6.33 Å². The summed E-state index contributed by atoms with van der Waals surface area (Å²) in [6.45, 7) is 6.34. The summed E-state index contributed by atoms with van der Waals surface area (Å²) in [6.07, 6.45) is 3.08. The maximum Gasteiger partial charge on any atom is 0.156 e. The Hall–Kier alpha value is -3.56. The Morgan fingerprint density at radius 1 is 1.14 bits per heavy atom. The molecule has 6 rings (SSSR count). The van der Waals surface area contributed by atoms with Crippen LogP contribution in [0.2, 0.25) is 0 Å². The highest BCUT2D eigenvalue weighted by Gasteiger charge is 2.49. The fraction of sp³-hybridized carbons (Fsp3) is 0.370. The smallest absolute Gasteiger partial charge is 0.156 e. The van der Waals surface area contributed by atoms with Crippen molar-refractivity contribution < 1.29 is 13.9 Å². The molecule has 186 valence electrons. The molecule has 0 saturated carbocycles. The van der Waals surface area contributed by atoms with Crippen molar-refractivity contribution >= 4 is 39.0 Å². The van der Waals surface area contributed by atoms with E-state index in [1.54, 1.807) is 30.5 Å². The first-order valence-corrected chi connectivity index (χ1v) is 12.1. The summed E-state index contributed by atoms with van der Waals surface area (Å²) in [5, 5.41) is 4.37. The fourth-order valence-electron chi connectivity index (χ4n) is 5.14. The van der Waals surface area contributed by atoms with E-state index in [0.717, 1.165) is 49.4 Å². The van der Waals surface area contributed by atoms with E-state index in [4.69, 9.17) is 9.47 Å². The van der Waals surface area contributed by atoms with E-state index in [-0.39, 0.29) is 17.3 Å². The number of rotatable bonds is 7. The first kappa shape index (κ1) is 22.9. The lowest BCUT2D eigenvalue weighted by atomic mass is 9.77. The van der Waals surface area contributed by atoms with Crippen molar-refractivity contribution in [1.82, 2.24) is 19.9 Å². The molecule has 1 spiro atoms. The predicted molar refractivity (Wildman–Crippen MR) is 139 cm³/mol. The monoisotopic (exact) mass is 488 g/mol. The van der Waals surface area contributed by atoms with E-state index in [9.17, 15) is 0 Å². The lowest BCUT2D eigenvalue weighted by Gasteiger charge is -2.56. The summed E-state index contributed by atoms with van der Waals surface area (Å²) in [4.78, 5) is 17.7. The second-order valence-electron chi connectivity index (χ2n) is 10.2. The number of nitrogens with one attached hydrogen (secondary N) is 1. The van der Waals surface area contributed by atoms with Crippen molar-refractivity contribution in [3.8, 4) is 5.75 Å². The fourth-order valence-corrected chi connectivity index (χ4v) is 5.14. The third-order valence-corrected chi connectivity index (χ3v) is 6.84. The van der Waals surface area contributed by atoms with Crippen LogP contribution in [0.4, 0.5) is 21.6 Å². The first-order chi connectivity index (χ1) is 17.4. The number of fused-ring (bicyclic) bond motifs is 2. The molecule has 2 saturated heterocycles. The van der Waals surface area contributed by atoms with E-state index in [2.05, 4.69) is 42.2 Å². The number of nitrogens with zero attached hydrogens (tertiary/aromatic N) is 5. The lowest BCUT2D eigenvalue weighted by Crippen LogP contribution is -2.66. The van der Waals surface area contributed by atoms with Gasteiger partial charge in [0.1, 0.15) is 24.0 Å². The Morgan fingerprint density at radius 2 is 1.97 bits per heavy atom. The molecule has 2 aliphatic rings. The number of pyridine rings is 1. The summed E-state index contributed by atoms with van der Waals surface area (Å²) in [6, 6.07) is 11.0. The highest BCUT2D eigenvalue weighted by atomic mass is 19.1. The SMILES string of the molecule is CC(CN(C)C)Oc1cc(N2CC3(COC3)C2)cc2ncnc(Nc3ccc4ncccc4c3F)c12. The van der Waals surface area contributed by atoms with Gasteiger partial charge in [-0.05, 0) is 51.4 Å². The van der Waals surface area contributed by atoms with Gasteiger partial charge in [0.2, 0.25) is 0 Å². The topological polar surface area (TPSA) is 75.6 Å². The Kier molecular flexibility index (Phi) is 5.61. The van der Waals surface area contributed by atoms with Crippen LogP contribution in [-0.4, -0.2) is 72.9 Å². The molecule has 4 aromatic rings. The van der Waals surface area contributed by atoms with Crippen LogP contribution in [0, 0.1) is 11.2 Å². The van der Waals surface area contributed by atoms with Crippen LogP contribution in [0.3, 0.4) is 0 Å². The number of ether oxygens (including phenoxy) is 2. The quantitative estimate of drug-likeness (QED) is 0.414. The van der Waals surface area contributed by atoms with Gasteiger partial charge in [-0.3, -0.25) is 4.98 Å². The van der Waals surface area contributed by atoms with Gasteiger partial charge in [-0.1, -0.05) is 0 Å². The number of halogens is 1. The van der Waals surface area contributed by atoms with Crippen LogP contribution >= 0.6 is 0 Å². The molecule has 1 N–H and O–H groups in total. The molecule has 1 unspecified atom stereocenters. The molecule has 36 heavy (non-hydrogen) atoms. The van der Waals surface area contributed by atoms with Gasteiger partial charge in [0.15, 0.2) is 5.82 Å². The normalized spacial score (nSPS) is 17.3. The van der Waals surface area contributed by atoms with E-state index >= 15 is 4.39 Å². The Morgan fingerprint density at radius 3 is 2.72 bits per heavy atom. The van der Waals surface area contributed by atoms with Crippen molar-refractivity contribution in [3.63, 3.8) is 0 Å². The van der Waals surface area contributed by atoms with Crippen molar-refractivity contribution in [1.29, 1.82) is 0 Å². The molecule has 2 aliphatic heterocycles. The van der Waals surface area contributed by atoms with Crippen molar-refractivity contribution in [3.05, 3.63) is 54.7 Å². The average molecular weight is 489 g/mol. The average Bonchev–Trinajstić information content (AvgIpc) is 2.78. The van der Waals surface area contributed by atoms with Crippen molar-refractivity contribution in [2.75, 3.05) is 57.2 Å². The highest BCUT2D eigenvalue weighted by Crippen LogP contribution is 2.43. The van der Waals surface area contributed by atoms with Gasteiger partial charge in [0, 0.05) is 43.0 Å². The Bertz CT molecular complexity index is 1430. The number of anilines is 3. The minimum Gasteiger partial charge on any atom is -0.488 e. The van der Waals surface area contributed by atoms with Crippen LogP contribution in [-0.2, 0) is 4.74 Å². The largest absolute Gasteiger partial charge is 0.488 e. The van der Waals surface area contributed by atoms with Crippen LogP contribution in [0.15, 0.2) is 48.9 Å². The van der Waals surface area contributed by atoms with Gasteiger partial charge in [-0.2, -0.15) is 0 Å². The first-order valence-electron chi connectivity index (χ1n) is 12.1. The van der Waals surface area contributed by atoms with Gasteiger partial charge in [-0.15, -0.1) is 0 Å². The molecule has 0 radical (unpaired) electrons. The number of aromatic nitrogens is 3. The van der Waals surface area contributed by atoms with Crippen molar-refractivity contribution in [2.45, 2.75) is 13.0 Å². The van der Waals surface area contributed by atoms with Gasteiger partial charge in [-0.25, -0.2) is 14.4 Å². The Balaban J connectivity index is 1.40. The standard InChI is InChI=1S/C27H29FN6O2/c1-17(11-33(2)3)36-23-10-18(34-12-27(13-34)14-35-15-27)9-22-24(23)26(31-16-30-22)32-21-7-6-20-19(25(21)28)5-4-8-29-20/h4-10,16-17H,11-15H2,1-3H3,(H,30,31,32). The molecule has 4 heterocycles. The molecule has 2 fully saturated rings. The third kappa shape index (κ3) is 4.08. The van der Waals surface area contributed by atoms with Gasteiger partial charge in [0.25, 0.3) is 0 Å². The molecule has 2 aromatic carbocycles. The molecule has 2 aromatic heterocycles. The summed E-state index contributed by atoms with van der Waals surface area (Å²) in [5.74, 6) is 0.794. The molecular formula is C27H29FN6O2. The van der Waals surface area contributed by atoms with Crippen LogP contribution in [0.5, 0.6) is 5.75 Å². The minimum absolute atomic E-state index is 0.0715. The zero-order valence-corrected chi connectivity index (χ0v) is 20.7. The molecule has 8 nitrogen and oxygen atoms in total. The number of likely N-dealkylation sites (N-methyl/N-ethyl adjacent to an activating group) is 1. The number of benzene rings is 2. The van der Waals surface area contributed by atoms with Gasteiger partial charge in [0.05, 0.1) is 40.7 Å². The van der Waals surface area contributed by atoms with Crippen LogP contribution < -0.4 is 15.0 Å². The molecule has 0 bridgehead atoms. The van der Waals surface area contributed by atoms with Crippen molar-refractivity contribution in [2.24, 2.45) is 5.41 Å². The van der Waals surface area contributed by atoms with E-state index in [0.29, 0.717) is 28.2 Å². The highest BCUT2D eigenvalue weighted by molar-refractivity contribution is 5.98. The second kappa shape index (κ2) is 8.83. The second-order valence-corrected chi connectivity index (χ2v) is 10.2. The predicted octanol–water partition coefficient (Wildman–Crippen LogP) is 4.23. The molecule has 0 amide bonds. The summed E-state index contributed by atoms with van der Waals surface area (Å²) in [5.41, 5.74) is 3.00. The van der Waals surface area contributed by atoms with Crippen LogP contribution in [0.25, 0.3) is 21.8 Å². The molecule has 1 atom stereocenters. The summed E-state index contributed by atoms with van der Waals surface area (Å²) in [7, 11) is 4.03. The van der Waals surface area contributed by atoms with Crippen LogP contribution in [0.1, 0.15) is 6.92 Å². The summed E-state index contributed by atoms with van der Waals surface area (Å²) >= 11 is 0.